The highest BCUT2D eigenvalue weighted by atomic mass is 16.6. The topological polar surface area (TPSA) is 112 Å². The molecule has 2 N–H and O–H groups in total. The highest BCUT2D eigenvalue weighted by Crippen LogP contribution is 2.32. The summed E-state index contributed by atoms with van der Waals surface area (Å²) < 4.78 is 12.2. The van der Waals surface area contributed by atoms with E-state index in [2.05, 4.69) is 15.6 Å². The van der Waals surface area contributed by atoms with E-state index in [9.17, 15) is 14.4 Å². The molecule has 31 heavy (non-hydrogen) atoms. The third-order valence-electron chi connectivity index (χ3n) is 4.68. The van der Waals surface area contributed by atoms with Gasteiger partial charge in [0.15, 0.2) is 11.5 Å². The summed E-state index contributed by atoms with van der Waals surface area (Å²) in [5.74, 6) is 0.407. The van der Waals surface area contributed by atoms with Crippen LogP contribution in [0.15, 0.2) is 59.5 Å². The number of hydrogen-bond acceptors (Lipinski definition) is 6. The molecular weight excluding hydrogens is 400 g/mol. The Hall–Kier alpha value is -4.14. The molecule has 0 aliphatic carbocycles. The van der Waals surface area contributed by atoms with E-state index < -0.39 is 17.4 Å². The lowest BCUT2D eigenvalue weighted by atomic mass is 10.2. The minimum atomic E-state index is -0.606. The number of amides is 2. The minimum Gasteiger partial charge on any atom is -0.486 e. The Balaban J connectivity index is 1.65. The number of hydrogen-bond donors (Lipinski definition) is 2. The molecule has 3 aromatic rings. The van der Waals surface area contributed by atoms with E-state index in [0.29, 0.717) is 36.0 Å². The van der Waals surface area contributed by atoms with Crippen LogP contribution in [-0.2, 0) is 11.3 Å². The number of carbonyl (C=O) groups excluding carboxylic acids is 2. The quantitative estimate of drug-likeness (QED) is 0.650. The van der Waals surface area contributed by atoms with E-state index in [0.717, 1.165) is 0 Å². The van der Waals surface area contributed by atoms with E-state index in [1.165, 1.54) is 17.8 Å². The largest absolute Gasteiger partial charge is 0.486 e. The van der Waals surface area contributed by atoms with Crippen LogP contribution in [0.2, 0.25) is 0 Å². The highest BCUT2D eigenvalue weighted by molar-refractivity contribution is 5.94. The van der Waals surface area contributed by atoms with Gasteiger partial charge in [-0.25, -0.2) is 4.98 Å². The summed E-state index contributed by atoms with van der Waals surface area (Å²) in [6.07, 6.45) is 1.22. The molecular formula is C22H20N4O5. The van der Waals surface area contributed by atoms with Crippen LogP contribution in [0.3, 0.4) is 0 Å². The van der Waals surface area contributed by atoms with E-state index in [1.54, 1.807) is 42.5 Å². The van der Waals surface area contributed by atoms with Gasteiger partial charge >= 0.3 is 0 Å². The smallest absolute Gasteiger partial charge is 0.267 e. The molecule has 0 saturated carbocycles. The molecule has 2 amide bonds. The van der Waals surface area contributed by atoms with Crippen molar-refractivity contribution in [3.05, 3.63) is 70.6 Å². The van der Waals surface area contributed by atoms with Crippen molar-refractivity contribution in [1.82, 2.24) is 14.9 Å². The lowest BCUT2D eigenvalue weighted by Crippen LogP contribution is -2.35. The first-order valence-corrected chi connectivity index (χ1v) is 9.63. The summed E-state index contributed by atoms with van der Waals surface area (Å²) in [4.78, 5) is 42.1. The number of nitrogens with one attached hydrogen (secondary N) is 2. The standard InChI is InChI=1S/C22H20N4O5/c1-23-21(28)16-12-24-20(14-5-3-2-4-6-14)26(22(16)29)13-19(27)25-15-7-8-17-18(11-15)31-10-9-30-17/h2-8,11-12H,9-10,13H2,1H3,(H,23,28)(H,25,27). The molecule has 2 aromatic carbocycles. The Morgan fingerprint density at radius 1 is 1.06 bits per heavy atom. The van der Waals surface area contributed by atoms with Crippen LogP contribution in [0.5, 0.6) is 11.5 Å². The van der Waals surface area contributed by atoms with E-state index in [4.69, 9.17) is 9.47 Å². The number of fused-ring (bicyclic) bond motifs is 1. The maximum atomic E-state index is 13.0. The van der Waals surface area contributed by atoms with Crippen molar-refractivity contribution >= 4 is 17.5 Å². The van der Waals surface area contributed by atoms with Crippen LogP contribution in [0.4, 0.5) is 5.69 Å². The van der Waals surface area contributed by atoms with Crippen LogP contribution < -0.4 is 25.7 Å². The molecule has 0 bridgehead atoms. The number of aromatic nitrogens is 2. The first kappa shape index (κ1) is 20.1. The number of rotatable bonds is 5. The Bertz CT molecular complexity index is 1190. The predicted molar refractivity (Wildman–Crippen MR) is 113 cm³/mol. The Kier molecular flexibility index (Phi) is 5.65. The molecule has 4 rings (SSSR count). The van der Waals surface area contributed by atoms with E-state index in [-0.39, 0.29) is 17.9 Å². The fraction of sp³-hybridized carbons (Fsp3) is 0.182. The zero-order valence-corrected chi connectivity index (χ0v) is 16.8. The number of benzene rings is 2. The molecule has 1 aliphatic heterocycles. The van der Waals surface area contributed by atoms with Gasteiger partial charge < -0.3 is 20.1 Å². The molecule has 9 heteroatoms. The lowest BCUT2D eigenvalue weighted by molar-refractivity contribution is -0.116. The van der Waals surface area contributed by atoms with Crippen molar-refractivity contribution in [2.24, 2.45) is 0 Å². The van der Waals surface area contributed by atoms with Crippen LogP contribution >= 0.6 is 0 Å². The molecule has 158 valence electrons. The van der Waals surface area contributed by atoms with Gasteiger partial charge in [-0.2, -0.15) is 0 Å². The summed E-state index contributed by atoms with van der Waals surface area (Å²) >= 11 is 0. The van der Waals surface area contributed by atoms with Gasteiger partial charge in [0, 0.05) is 30.6 Å². The zero-order chi connectivity index (χ0) is 21.8. The van der Waals surface area contributed by atoms with Gasteiger partial charge in [0.25, 0.3) is 11.5 Å². The van der Waals surface area contributed by atoms with Gasteiger partial charge in [-0.05, 0) is 12.1 Å². The third-order valence-corrected chi connectivity index (χ3v) is 4.68. The van der Waals surface area contributed by atoms with E-state index >= 15 is 0 Å². The van der Waals surface area contributed by atoms with Crippen molar-refractivity contribution in [2.75, 3.05) is 25.6 Å². The predicted octanol–water partition coefficient (Wildman–Crippen LogP) is 1.68. The number of ether oxygens (including phenoxy) is 2. The zero-order valence-electron chi connectivity index (χ0n) is 16.8. The fourth-order valence-corrected chi connectivity index (χ4v) is 3.21. The van der Waals surface area contributed by atoms with Gasteiger partial charge in [0.2, 0.25) is 5.91 Å². The van der Waals surface area contributed by atoms with Gasteiger partial charge in [-0.3, -0.25) is 19.0 Å². The van der Waals surface area contributed by atoms with Gasteiger partial charge in [-0.1, -0.05) is 30.3 Å². The number of carbonyl (C=O) groups is 2. The summed E-state index contributed by atoms with van der Waals surface area (Å²) in [6.45, 7) is 0.575. The minimum absolute atomic E-state index is 0.144. The van der Waals surface area contributed by atoms with Crippen LogP contribution in [-0.4, -0.2) is 41.6 Å². The molecule has 2 heterocycles. The van der Waals surface area contributed by atoms with Crippen LogP contribution in [0.25, 0.3) is 11.4 Å². The maximum absolute atomic E-state index is 13.0. The highest BCUT2D eigenvalue weighted by Gasteiger charge is 2.19. The molecule has 0 radical (unpaired) electrons. The average molecular weight is 420 g/mol. The van der Waals surface area contributed by atoms with Crippen molar-refractivity contribution in [1.29, 1.82) is 0 Å². The molecule has 0 spiro atoms. The lowest BCUT2D eigenvalue weighted by Gasteiger charge is -2.19. The number of nitrogens with zero attached hydrogens (tertiary/aromatic N) is 2. The maximum Gasteiger partial charge on any atom is 0.267 e. The first-order chi connectivity index (χ1) is 15.1. The summed E-state index contributed by atoms with van der Waals surface area (Å²) in [6, 6.07) is 14.0. The van der Waals surface area contributed by atoms with Crippen LogP contribution in [0, 0.1) is 0 Å². The molecule has 1 aliphatic rings. The third kappa shape index (κ3) is 4.25. The Morgan fingerprint density at radius 3 is 2.55 bits per heavy atom. The second kappa shape index (κ2) is 8.70. The number of anilines is 1. The van der Waals surface area contributed by atoms with Gasteiger partial charge in [0.05, 0.1) is 0 Å². The molecule has 0 unspecified atom stereocenters. The average Bonchev–Trinajstić information content (AvgIpc) is 2.80. The Morgan fingerprint density at radius 2 is 1.81 bits per heavy atom. The van der Waals surface area contributed by atoms with Crippen molar-refractivity contribution in [3.8, 4) is 22.9 Å². The van der Waals surface area contributed by atoms with Crippen LogP contribution in [0.1, 0.15) is 10.4 Å². The normalized spacial score (nSPS) is 12.2. The molecule has 1 aromatic heterocycles. The Labute approximate surface area is 177 Å². The summed E-state index contributed by atoms with van der Waals surface area (Å²) in [5.41, 5.74) is 0.397. The molecule has 0 saturated heterocycles. The second-order valence-electron chi connectivity index (χ2n) is 6.74. The molecule has 9 nitrogen and oxygen atoms in total. The van der Waals surface area contributed by atoms with Crippen molar-refractivity contribution in [2.45, 2.75) is 6.54 Å². The van der Waals surface area contributed by atoms with Crippen molar-refractivity contribution in [3.63, 3.8) is 0 Å². The first-order valence-electron chi connectivity index (χ1n) is 9.63. The van der Waals surface area contributed by atoms with Crippen molar-refractivity contribution < 1.29 is 19.1 Å². The monoisotopic (exact) mass is 420 g/mol. The second-order valence-corrected chi connectivity index (χ2v) is 6.74. The summed E-state index contributed by atoms with van der Waals surface area (Å²) in [7, 11) is 1.42. The molecule has 0 atom stereocenters. The summed E-state index contributed by atoms with van der Waals surface area (Å²) in [5, 5.41) is 5.16. The van der Waals surface area contributed by atoms with Gasteiger partial charge in [0.1, 0.15) is 31.1 Å². The SMILES string of the molecule is CNC(=O)c1cnc(-c2ccccc2)n(CC(=O)Nc2ccc3c(c2)OCCO3)c1=O. The van der Waals surface area contributed by atoms with Gasteiger partial charge in [-0.15, -0.1) is 0 Å². The fourth-order valence-electron chi connectivity index (χ4n) is 3.21. The molecule has 0 fully saturated rings. The van der Waals surface area contributed by atoms with E-state index in [1.807, 2.05) is 6.07 Å².